The van der Waals surface area contributed by atoms with Gasteiger partial charge in [-0.15, -0.1) is 11.6 Å². The molecular formula is C21H28Cl2N4. The van der Waals surface area contributed by atoms with E-state index in [9.17, 15) is 0 Å². The first kappa shape index (κ1) is 20.1. The first-order valence-corrected chi connectivity index (χ1v) is 10.5. The van der Waals surface area contributed by atoms with Crippen molar-refractivity contribution in [1.29, 1.82) is 0 Å². The predicted octanol–water partition coefficient (Wildman–Crippen LogP) is 6.02. The fourth-order valence-corrected chi connectivity index (χ4v) is 4.47. The first-order chi connectivity index (χ1) is 13.0. The van der Waals surface area contributed by atoms with Crippen molar-refractivity contribution in [2.24, 2.45) is 7.05 Å². The number of allylic oxidation sites excluding steroid dienone is 3. The van der Waals surface area contributed by atoms with E-state index in [0.29, 0.717) is 6.42 Å². The molecule has 0 bridgehead atoms. The summed E-state index contributed by atoms with van der Waals surface area (Å²) >= 11 is 12.7. The van der Waals surface area contributed by atoms with Crippen molar-refractivity contribution in [1.82, 2.24) is 9.55 Å². The Morgan fingerprint density at radius 1 is 1.26 bits per heavy atom. The fraction of sp³-hybridized carbons (Fsp3) is 0.476. The summed E-state index contributed by atoms with van der Waals surface area (Å²) in [6.45, 7) is 8.54. The molecule has 1 unspecified atom stereocenters. The molecule has 0 saturated carbocycles. The summed E-state index contributed by atoms with van der Waals surface area (Å²) in [5.74, 6) is 0.791. The van der Waals surface area contributed by atoms with E-state index in [1.165, 1.54) is 5.69 Å². The highest BCUT2D eigenvalue weighted by Gasteiger charge is 2.21. The molecule has 1 aromatic heterocycles. The summed E-state index contributed by atoms with van der Waals surface area (Å²) in [6.07, 6.45) is 4.91. The van der Waals surface area contributed by atoms with E-state index in [2.05, 4.69) is 53.9 Å². The van der Waals surface area contributed by atoms with Crippen LogP contribution in [0.1, 0.15) is 40.0 Å². The number of para-hydroxylation sites is 1. The Balaban J connectivity index is 2.02. The van der Waals surface area contributed by atoms with Crippen LogP contribution in [0.15, 0.2) is 40.6 Å². The molecule has 1 aliphatic carbocycles. The molecule has 0 saturated heterocycles. The van der Waals surface area contributed by atoms with Gasteiger partial charge >= 0.3 is 0 Å². The molecule has 1 aliphatic rings. The molecular weight excluding hydrogens is 379 g/mol. The lowest BCUT2D eigenvalue weighted by Gasteiger charge is -2.25. The number of hydrogen-bond acceptors (Lipinski definition) is 3. The van der Waals surface area contributed by atoms with Crippen molar-refractivity contribution in [3.63, 3.8) is 0 Å². The smallest absolute Gasteiger partial charge is 0.208 e. The van der Waals surface area contributed by atoms with Crippen LogP contribution in [0.2, 0.25) is 0 Å². The number of hydrogen-bond donors (Lipinski definition) is 1. The Labute approximate surface area is 171 Å². The Hall–Kier alpha value is -1.65. The maximum absolute atomic E-state index is 6.48. The molecule has 146 valence electrons. The van der Waals surface area contributed by atoms with Crippen molar-refractivity contribution >= 4 is 45.9 Å². The van der Waals surface area contributed by atoms with Gasteiger partial charge in [0.2, 0.25) is 5.95 Å². The predicted molar refractivity (Wildman–Crippen MR) is 118 cm³/mol. The van der Waals surface area contributed by atoms with Gasteiger partial charge in [0.15, 0.2) is 0 Å². The highest BCUT2D eigenvalue weighted by Crippen LogP contribution is 2.33. The highest BCUT2D eigenvalue weighted by atomic mass is 35.5. The summed E-state index contributed by atoms with van der Waals surface area (Å²) in [7, 11) is 2.05. The van der Waals surface area contributed by atoms with Gasteiger partial charge < -0.3 is 14.8 Å². The molecule has 4 nitrogen and oxygen atoms in total. The lowest BCUT2D eigenvalue weighted by molar-refractivity contribution is 0.745. The lowest BCUT2D eigenvalue weighted by Crippen LogP contribution is -2.25. The third-order valence-corrected chi connectivity index (χ3v) is 5.53. The van der Waals surface area contributed by atoms with Gasteiger partial charge in [-0.2, -0.15) is 0 Å². The average molecular weight is 407 g/mol. The number of aromatic nitrogens is 2. The Morgan fingerprint density at radius 2 is 1.96 bits per heavy atom. The molecule has 3 rings (SSSR count). The van der Waals surface area contributed by atoms with Gasteiger partial charge in [-0.05, 0) is 37.5 Å². The average Bonchev–Trinajstić information content (AvgIpc) is 2.94. The maximum atomic E-state index is 6.48. The monoisotopic (exact) mass is 406 g/mol. The SMILES string of the molecule is CCCN(CCC)c1cccc2nc(NC3=C(Cl)CC(Cl)C=C3C)n(C)c12. The maximum Gasteiger partial charge on any atom is 0.208 e. The first-order valence-electron chi connectivity index (χ1n) is 9.65. The molecule has 27 heavy (non-hydrogen) atoms. The van der Waals surface area contributed by atoms with Gasteiger partial charge in [0.25, 0.3) is 0 Å². The van der Waals surface area contributed by atoms with Gasteiger partial charge in [0.05, 0.1) is 27.8 Å². The second-order valence-electron chi connectivity index (χ2n) is 7.10. The van der Waals surface area contributed by atoms with E-state index >= 15 is 0 Å². The molecule has 0 amide bonds. The van der Waals surface area contributed by atoms with Gasteiger partial charge in [-0.1, -0.05) is 37.6 Å². The Bertz CT molecular complexity index is 876. The number of aryl methyl sites for hydroxylation is 1. The van der Waals surface area contributed by atoms with Crippen LogP contribution in [0.4, 0.5) is 11.6 Å². The number of nitrogens with one attached hydrogen (secondary N) is 1. The molecule has 0 fully saturated rings. The normalized spacial score (nSPS) is 17.4. The molecule has 1 heterocycles. The van der Waals surface area contributed by atoms with Crippen LogP contribution in [0.3, 0.4) is 0 Å². The van der Waals surface area contributed by atoms with Crippen LogP contribution in [0.25, 0.3) is 11.0 Å². The van der Waals surface area contributed by atoms with Crippen LogP contribution in [-0.2, 0) is 7.05 Å². The third-order valence-electron chi connectivity index (χ3n) is 4.91. The van der Waals surface area contributed by atoms with Gasteiger partial charge in [0, 0.05) is 31.6 Å². The van der Waals surface area contributed by atoms with Crippen LogP contribution in [0, 0.1) is 0 Å². The minimum atomic E-state index is -0.0493. The van der Waals surface area contributed by atoms with E-state index in [4.69, 9.17) is 28.2 Å². The van der Waals surface area contributed by atoms with Crippen molar-refractivity contribution < 1.29 is 0 Å². The zero-order valence-electron chi connectivity index (χ0n) is 16.5. The number of alkyl halides is 1. The summed E-state index contributed by atoms with van der Waals surface area (Å²) < 4.78 is 2.13. The van der Waals surface area contributed by atoms with Crippen LogP contribution in [0.5, 0.6) is 0 Å². The molecule has 0 aliphatic heterocycles. The summed E-state index contributed by atoms with van der Waals surface area (Å²) in [4.78, 5) is 7.28. The molecule has 0 radical (unpaired) electrons. The van der Waals surface area contributed by atoms with Gasteiger partial charge in [-0.3, -0.25) is 0 Å². The molecule has 6 heteroatoms. The van der Waals surface area contributed by atoms with Crippen molar-refractivity contribution in [2.45, 2.75) is 45.4 Å². The van der Waals surface area contributed by atoms with E-state index in [-0.39, 0.29) is 5.38 Å². The topological polar surface area (TPSA) is 33.1 Å². The second kappa shape index (κ2) is 8.57. The zero-order chi connectivity index (χ0) is 19.6. The number of nitrogens with zero attached hydrogens (tertiary/aromatic N) is 3. The van der Waals surface area contributed by atoms with Crippen molar-refractivity contribution in [3.8, 4) is 0 Å². The van der Waals surface area contributed by atoms with Gasteiger partial charge in [0.1, 0.15) is 0 Å². The van der Waals surface area contributed by atoms with E-state index < -0.39 is 0 Å². The molecule has 1 atom stereocenters. The molecule has 0 spiro atoms. The van der Waals surface area contributed by atoms with Crippen LogP contribution in [-0.4, -0.2) is 28.0 Å². The highest BCUT2D eigenvalue weighted by molar-refractivity contribution is 6.32. The van der Waals surface area contributed by atoms with Crippen LogP contribution < -0.4 is 10.2 Å². The Morgan fingerprint density at radius 3 is 2.59 bits per heavy atom. The summed E-state index contributed by atoms with van der Waals surface area (Å²) in [5.41, 5.74) is 5.33. The fourth-order valence-electron chi connectivity index (χ4n) is 3.69. The van der Waals surface area contributed by atoms with E-state index in [0.717, 1.165) is 59.2 Å². The van der Waals surface area contributed by atoms with Crippen LogP contribution >= 0.6 is 23.2 Å². The van der Waals surface area contributed by atoms with Crippen molar-refractivity contribution in [3.05, 3.63) is 40.6 Å². The zero-order valence-corrected chi connectivity index (χ0v) is 18.0. The number of benzene rings is 1. The number of rotatable bonds is 7. The number of anilines is 2. The summed E-state index contributed by atoms with van der Waals surface area (Å²) in [6, 6.07) is 6.34. The number of fused-ring (bicyclic) bond motifs is 1. The molecule has 2 aromatic rings. The minimum absolute atomic E-state index is 0.0493. The van der Waals surface area contributed by atoms with E-state index in [1.54, 1.807) is 0 Å². The molecule has 1 aromatic carbocycles. The second-order valence-corrected chi connectivity index (χ2v) is 8.12. The molecule has 1 N–H and O–H groups in total. The number of imidazole rings is 1. The lowest BCUT2D eigenvalue weighted by atomic mass is 10.0. The Kier molecular flexibility index (Phi) is 6.38. The van der Waals surface area contributed by atoms with Crippen molar-refractivity contribution in [2.75, 3.05) is 23.3 Å². The standard InChI is InChI=1S/C21H28Cl2N4/c1-5-10-27(11-6-2)18-9-7-8-17-20(18)26(4)21(24-17)25-19-14(3)12-15(22)13-16(19)23/h7-9,12,15H,5-6,10-11,13H2,1-4H3,(H,24,25). The van der Waals surface area contributed by atoms with Gasteiger partial charge in [-0.25, -0.2) is 4.98 Å². The largest absolute Gasteiger partial charge is 0.370 e. The van der Waals surface area contributed by atoms with E-state index in [1.807, 2.05) is 13.0 Å². The third kappa shape index (κ3) is 4.12. The number of halogens is 2. The summed E-state index contributed by atoms with van der Waals surface area (Å²) in [5, 5.41) is 4.14. The quantitative estimate of drug-likeness (QED) is 0.570. The minimum Gasteiger partial charge on any atom is -0.370 e.